The number of benzene rings is 1. The highest BCUT2D eigenvalue weighted by Crippen LogP contribution is 2.18. The Hall–Kier alpha value is -1.07. The normalized spacial score (nSPS) is 11.3. The van der Waals surface area contributed by atoms with Crippen LogP contribution in [0.2, 0.25) is 0 Å². The molecule has 0 saturated carbocycles. The molecule has 17 heavy (non-hydrogen) atoms. The summed E-state index contributed by atoms with van der Waals surface area (Å²) in [5, 5.41) is 11.9. The van der Waals surface area contributed by atoms with Crippen molar-refractivity contribution in [2.45, 2.75) is 13.8 Å². The summed E-state index contributed by atoms with van der Waals surface area (Å²) < 4.78 is 0.768. The number of amides is 1. The fourth-order valence-corrected chi connectivity index (χ4v) is 1.73. The molecule has 1 rings (SSSR count). The van der Waals surface area contributed by atoms with Gasteiger partial charge < -0.3 is 16.2 Å². The fraction of sp³-hybridized carbons (Fsp3) is 0.417. The predicted molar refractivity (Wildman–Crippen MR) is 71.8 cm³/mol. The van der Waals surface area contributed by atoms with E-state index in [0.29, 0.717) is 17.8 Å². The van der Waals surface area contributed by atoms with Gasteiger partial charge in [0.05, 0.1) is 0 Å². The van der Waals surface area contributed by atoms with E-state index in [4.69, 9.17) is 10.8 Å². The Kier molecular flexibility index (Phi) is 4.54. The quantitative estimate of drug-likeness (QED) is 0.742. The Bertz CT molecular complexity index is 399. The Balaban J connectivity index is 2.70. The summed E-state index contributed by atoms with van der Waals surface area (Å²) in [4.78, 5) is 11.8. The molecule has 1 amide bonds. The maximum Gasteiger partial charge on any atom is 0.251 e. The SMILES string of the molecule is CC(C)(CO)CNC(=O)c1cc(N)cc(Br)c1. The van der Waals surface area contributed by atoms with Crippen molar-refractivity contribution in [3.63, 3.8) is 0 Å². The van der Waals surface area contributed by atoms with E-state index in [2.05, 4.69) is 21.2 Å². The molecule has 5 heteroatoms. The third-order valence-corrected chi connectivity index (χ3v) is 2.80. The molecule has 4 nitrogen and oxygen atoms in total. The highest BCUT2D eigenvalue weighted by atomic mass is 79.9. The maximum absolute atomic E-state index is 11.8. The number of carbonyl (C=O) groups is 1. The van der Waals surface area contributed by atoms with Gasteiger partial charge in [-0.25, -0.2) is 0 Å². The van der Waals surface area contributed by atoms with Gasteiger partial charge in [-0.3, -0.25) is 4.79 Å². The minimum absolute atomic E-state index is 0.0217. The number of carbonyl (C=O) groups excluding carboxylic acids is 1. The highest BCUT2D eigenvalue weighted by Gasteiger charge is 2.18. The molecule has 0 radical (unpaired) electrons. The lowest BCUT2D eigenvalue weighted by Crippen LogP contribution is -2.36. The van der Waals surface area contributed by atoms with E-state index in [1.54, 1.807) is 18.2 Å². The van der Waals surface area contributed by atoms with Gasteiger partial charge in [0.25, 0.3) is 5.91 Å². The van der Waals surface area contributed by atoms with E-state index in [1.165, 1.54) is 0 Å². The average Bonchev–Trinajstić information content (AvgIpc) is 2.24. The predicted octanol–water partition coefficient (Wildman–Crippen LogP) is 1.78. The zero-order valence-corrected chi connectivity index (χ0v) is 11.5. The molecule has 0 spiro atoms. The van der Waals surface area contributed by atoms with Gasteiger partial charge in [0.1, 0.15) is 0 Å². The van der Waals surface area contributed by atoms with Crippen molar-refractivity contribution in [3.8, 4) is 0 Å². The van der Waals surface area contributed by atoms with Gasteiger partial charge in [-0.05, 0) is 18.2 Å². The van der Waals surface area contributed by atoms with Crippen molar-refractivity contribution < 1.29 is 9.90 Å². The standard InChI is InChI=1S/C12H17BrN2O2/c1-12(2,7-16)6-15-11(17)8-3-9(13)5-10(14)4-8/h3-5,16H,6-7,14H2,1-2H3,(H,15,17). The summed E-state index contributed by atoms with van der Waals surface area (Å²) in [5.41, 5.74) is 6.37. The number of halogens is 1. The maximum atomic E-state index is 11.8. The van der Waals surface area contributed by atoms with Crippen LogP contribution in [-0.4, -0.2) is 24.2 Å². The number of aliphatic hydroxyl groups is 1. The van der Waals surface area contributed by atoms with E-state index in [1.807, 2.05) is 13.8 Å². The molecular formula is C12H17BrN2O2. The van der Waals surface area contributed by atoms with Crippen LogP contribution in [0.3, 0.4) is 0 Å². The number of hydrogen-bond donors (Lipinski definition) is 3. The van der Waals surface area contributed by atoms with Gasteiger partial charge in [-0.15, -0.1) is 0 Å². The first-order valence-corrected chi connectivity index (χ1v) is 6.08. The van der Waals surface area contributed by atoms with Crippen LogP contribution < -0.4 is 11.1 Å². The molecule has 0 heterocycles. The molecule has 0 saturated heterocycles. The molecule has 0 atom stereocenters. The van der Waals surface area contributed by atoms with Gasteiger partial charge in [0.2, 0.25) is 0 Å². The van der Waals surface area contributed by atoms with Crippen molar-refractivity contribution in [3.05, 3.63) is 28.2 Å². The molecule has 0 unspecified atom stereocenters. The lowest BCUT2D eigenvalue weighted by atomic mass is 9.95. The van der Waals surface area contributed by atoms with Crippen molar-refractivity contribution in [2.24, 2.45) is 5.41 Å². The number of nitrogen functional groups attached to an aromatic ring is 1. The van der Waals surface area contributed by atoms with Gasteiger partial charge in [-0.1, -0.05) is 29.8 Å². The molecule has 0 bridgehead atoms. The summed E-state index contributed by atoms with van der Waals surface area (Å²) in [5.74, 6) is -0.195. The smallest absolute Gasteiger partial charge is 0.251 e. The Morgan fingerprint density at radius 2 is 2.12 bits per heavy atom. The van der Waals surface area contributed by atoms with Gasteiger partial charge >= 0.3 is 0 Å². The lowest BCUT2D eigenvalue weighted by molar-refractivity contribution is 0.0911. The van der Waals surface area contributed by atoms with E-state index in [0.717, 1.165) is 4.47 Å². The van der Waals surface area contributed by atoms with Crippen molar-refractivity contribution in [1.29, 1.82) is 0 Å². The topological polar surface area (TPSA) is 75.3 Å². The molecule has 0 fully saturated rings. The molecule has 1 aromatic rings. The van der Waals surface area contributed by atoms with Crippen LogP contribution in [0, 0.1) is 5.41 Å². The Morgan fingerprint density at radius 1 is 1.47 bits per heavy atom. The summed E-state index contributed by atoms with van der Waals surface area (Å²) in [6, 6.07) is 5.05. The van der Waals surface area contributed by atoms with Crippen LogP contribution in [0.4, 0.5) is 5.69 Å². The Labute approximate surface area is 109 Å². The number of aliphatic hydroxyl groups excluding tert-OH is 1. The van der Waals surface area contributed by atoms with E-state index in [9.17, 15) is 4.79 Å². The molecule has 0 aliphatic carbocycles. The monoisotopic (exact) mass is 300 g/mol. The second-order valence-electron chi connectivity index (χ2n) is 4.78. The first-order chi connectivity index (χ1) is 7.84. The van der Waals surface area contributed by atoms with E-state index < -0.39 is 0 Å². The first kappa shape index (κ1) is 14.0. The summed E-state index contributed by atoms with van der Waals surface area (Å²) in [6.45, 7) is 4.19. The molecule has 0 aliphatic heterocycles. The molecule has 0 aliphatic rings. The van der Waals surface area contributed by atoms with Gasteiger partial charge in [-0.2, -0.15) is 0 Å². The van der Waals surface area contributed by atoms with Gasteiger partial charge in [0.15, 0.2) is 0 Å². The average molecular weight is 301 g/mol. The minimum Gasteiger partial charge on any atom is -0.399 e. The number of nitrogens with one attached hydrogen (secondary N) is 1. The van der Waals surface area contributed by atoms with Crippen LogP contribution in [0.1, 0.15) is 24.2 Å². The molecule has 1 aromatic carbocycles. The molecule has 94 valence electrons. The zero-order valence-electron chi connectivity index (χ0n) is 9.96. The number of hydrogen-bond acceptors (Lipinski definition) is 3. The van der Waals surface area contributed by atoms with Crippen molar-refractivity contribution in [2.75, 3.05) is 18.9 Å². The zero-order chi connectivity index (χ0) is 13.1. The number of nitrogens with two attached hydrogens (primary N) is 1. The highest BCUT2D eigenvalue weighted by molar-refractivity contribution is 9.10. The number of rotatable bonds is 4. The lowest BCUT2D eigenvalue weighted by Gasteiger charge is -2.21. The van der Waals surface area contributed by atoms with Crippen LogP contribution >= 0.6 is 15.9 Å². The summed E-state index contributed by atoms with van der Waals surface area (Å²) in [6.07, 6.45) is 0. The van der Waals surface area contributed by atoms with Crippen LogP contribution in [-0.2, 0) is 0 Å². The number of anilines is 1. The van der Waals surface area contributed by atoms with E-state index >= 15 is 0 Å². The third kappa shape index (κ3) is 4.36. The van der Waals surface area contributed by atoms with Crippen LogP contribution in [0.5, 0.6) is 0 Å². The largest absolute Gasteiger partial charge is 0.399 e. The van der Waals surface area contributed by atoms with Crippen molar-refractivity contribution in [1.82, 2.24) is 5.32 Å². The summed E-state index contributed by atoms with van der Waals surface area (Å²) in [7, 11) is 0. The molecular weight excluding hydrogens is 284 g/mol. The summed E-state index contributed by atoms with van der Waals surface area (Å²) >= 11 is 3.29. The van der Waals surface area contributed by atoms with E-state index in [-0.39, 0.29) is 17.9 Å². The first-order valence-electron chi connectivity index (χ1n) is 5.29. The van der Waals surface area contributed by atoms with Crippen LogP contribution in [0.15, 0.2) is 22.7 Å². The Morgan fingerprint density at radius 3 is 2.65 bits per heavy atom. The van der Waals surface area contributed by atoms with Crippen molar-refractivity contribution >= 4 is 27.5 Å². The fourth-order valence-electron chi connectivity index (χ4n) is 1.22. The van der Waals surface area contributed by atoms with Gasteiger partial charge in [0, 0.05) is 34.3 Å². The molecule has 0 aromatic heterocycles. The second-order valence-corrected chi connectivity index (χ2v) is 5.69. The van der Waals surface area contributed by atoms with Crippen LogP contribution in [0.25, 0.3) is 0 Å². The second kappa shape index (κ2) is 5.51. The third-order valence-electron chi connectivity index (χ3n) is 2.34. The molecule has 4 N–H and O–H groups in total. The minimum atomic E-state index is -0.326.